The van der Waals surface area contributed by atoms with Gasteiger partial charge in [-0.05, 0) is 35.6 Å². The van der Waals surface area contributed by atoms with Crippen molar-refractivity contribution in [1.29, 1.82) is 0 Å². The van der Waals surface area contributed by atoms with E-state index in [1.165, 1.54) is 18.2 Å². The predicted octanol–water partition coefficient (Wildman–Crippen LogP) is 3.20. The van der Waals surface area contributed by atoms with Crippen LogP contribution in [0.25, 0.3) is 0 Å². The number of nitrogens with zero attached hydrogens (tertiary/aromatic N) is 1. The molecule has 24 heavy (non-hydrogen) atoms. The Labute approximate surface area is 141 Å². The molecule has 2 aromatic rings. The summed E-state index contributed by atoms with van der Waals surface area (Å²) in [6, 6.07) is 11.1. The summed E-state index contributed by atoms with van der Waals surface area (Å²) >= 11 is 0. The van der Waals surface area contributed by atoms with Crippen molar-refractivity contribution >= 4 is 15.7 Å². The molecular weight excluding hydrogens is 328 g/mol. The van der Waals surface area contributed by atoms with E-state index in [-0.39, 0.29) is 17.1 Å². The number of non-ortho nitro benzene ring substituents is 1. The van der Waals surface area contributed by atoms with Gasteiger partial charge < -0.3 is 0 Å². The van der Waals surface area contributed by atoms with E-state index in [4.69, 9.17) is 0 Å². The van der Waals surface area contributed by atoms with Crippen LogP contribution >= 0.6 is 0 Å². The molecule has 0 spiro atoms. The number of sulfonamides is 1. The van der Waals surface area contributed by atoms with Crippen LogP contribution < -0.4 is 4.72 Å². The number of nitro groups is 1. The molecule has 0 radical (unpaired) electrons. The second kappa shape index (κ2) is 7.55. The molecule has 128 valence electrons. The van der Waals surface area contributed by atoms with Crippen LogP contribution in [-0.2, 0) is 29.4 Å². The van der Waals surface area contributed by atoms with Crippen LogP contribution in [0.3, 0.4) is 0 Å². The van der Waals surface area contributed by atoms with Crippen LogP contribution in [0.5, 0.6) is 0 Å². The van der Waals surface area contributed by atoms with E-state index in [9.17, 15) is 18.5 Å². The number of nitrogens with one attached hydrogen (secondary N) is 1. The smallest absolute Gasteiger partial charge is 0.258 e. The van der Waals surface area contributed by atoms with Gasteiger partial charge in [0.2, 0.25) is 10.0 Å². The monoisotopic (exact) mass is 348 g/mol. The number of aryl methyl sites for hydroxylation is 2. The van der Waals surface area contributed by atoms with Gasteiger partial charge in [-0.1, -0.05) is 38.1 Å². The minimum Gasteiger partial charge on any atom is -0.258 e. The molecule has 0 saturated heterocycles. The van der Waals surface area contributed by atoms with Crippen LogP contribution in [0.1, 0.15) is 30.5 Å². The van der Waals surface area contributed by atoms with Gasteiger partial charge in [-0.25, -0.2) is 13.1 Å². The van der Waals surface area contributed by atoms with E-state index in [1.54, 1.807) is 0 Å². The molecule has 0 amide bonds. The Balaban J connectivity index is 2.25. The standard InChI is InChI=1S/C17H20N2O4S/c1-3-13-8-9-14(4-2)15(10-13)12-18-24(22,23)17-7-5-6-16(11-17)19(20)21/h5-11,18H,3-4,12H2,1-2H3. The summed E-state index contributed by atoms with van der Waals surface area (Å²) in [6.07, 6.45) is 1.67. The summed E-state index contributed by atoms with van der Waals surface area (Å²) in [5.41, 5.74) is 2.89. The number of benzene rings is 2. The Morgan fingerprint density at radius 1 is 1.04 bits per heavy atom. The van der Waals surface area contributed by atoms with Crippen molar-refractivity contribution in [3.63, 3.8) is 0 Å². The Morgan fingerprint density at radius 3 is 2.42 bits per heavy atom. The lowest BCUT2D eigenvalue weighted by Crippen LogP contribution is -2.24. The highest BCUT2D eigenvalue weighted by atomic mass is 32.2. The molecule has 2 aromatic carbocycles. The first-order valence-electron chi connectivity index (χ1n) is 7.72. The van der Waals surface area contributed by atoms with Crippen molar-refractivity contribution in [3.8, 4) is 0 Å². The fourth-order valence-corrected chi connectivity index (χ4v) is 3.47. The van der Waals surface area contributed by atoms with Crippen molar-refractivity contribution in [2.45, 2.75) is 38.1 Å². The number of hydrogen-bond donors (Lipinski definition) is 1. The van der Waals surface area contributed by atoms with Crippen LogP contribution in [0.4, 0.5) is 5.69 Å². The maximum Gasteiger partial charge on any atom is 0.270 e. The van der Waals surface area contributed by atoms with E-state index in [2.05, 4.69) is 4.72 Å². The molecule has 0 saturated carbocycles. The Hall–Kier alpha value is -2.25. The normalized spacial score (nSPS) is 11.4. The largest absolute Gasteiger partial charge is 0.270 e. The zero-order valence-corrected chi connectivity index (χ0v) is 14.5. The summed E-state index contributed by atoms with van der Waals surface area (Å²) in [7, 11) is -3.81. The Morgan fingerprint density at radius 2 is 1.79 bits per heavy atom. The van der Waals surface area contributed by atoms with E-state index >= 15 is 0 Å². The molecule has 0 bridgehead atoms. The first-order valence-corrected chi connectivity index (χ1v) is 9.20. The number of nitro benzene ring substituents is 1. The summed E-state index contributed by atoms with van der Waals surface area (Å²) in [5.74, 6) is 0. The third-order valence-electron chi connectivity index (χ3n) is 3.85. The van der Waals surface area contributed by atoms with Gasteiger partial charge >= 0.3 is 0 Å². The van der Waals surface area contributed by atoms with Crippen molar-refractivity contribution in [3.05, 3.63) is 69.3 Å². The van der Waals surface area contributed by atoms with E-state index in [0.717, 1.165) is 35.6 Å². The summed E-state index contributed by atoms with van der Waals surface area (Å²) in [4.78, 5) is 10.1. The molecule has 0 aliphatic rings. The summed E-state index contributed by atoms with van der Waals surface area (Å²) in [6.45, 7) is 4.21. The average Bonchev–Trinajstić information content (AvgIpc) is 2.59. The average molecular weight is 348 g/mol. The van der Waals surface area contributed by atoms with Gasteiger partial charge in [0.1, 0.15) is 0 Å². The zero-order valence-electron chi connectivity index (χ0n) is 13.7. The van der Waals surface area contributed by atoms with Gasteiger partial charge in [0.05, 0.1) is 9.82 Å². The molecule has 0 aliphatic carbocycles. The van der Waals surface area contributed by atoms with Gasteiger partial charge in [0.15, 0.2) is 0 Å². The molecule has 0 aliphatic heterocycles. The number of hydrogen-bond acceptors (Lipinski definition) is 4. The first-order chi connectivity index (χ1) is 11.4. The second-order valence-corrected chi connectivity index (χ2v) is 7.16. The van der Waals surface area contributed by atoms with E-state index in [1.807, 2.05) is 32.0 Å². The fourth-order valence-electron chi connectivity index (χ4n) is 2.43. The van der Waals surface area contributed by atoms with Gasteiger partial charge in [-0.15, -0.1) is 0 Å². The summed E-state index contributed by atoms with van der Waals surface area (Å²) < 4.78 is 27.3. The molecule has 0 unspecified atom stereocenters. The van der Waals surface area contributed by atoms with Gasteiger partial charge in [0.25, 0.3) is 5.69 Å². The lowest BCUT2D eigenvalue weighted by molar-refractivity contribution is -0.385. The van der Waals surface area contributed by atoms with Crippen LogP contribution in [0.2, 0.25) is 0 Å². The highest BCUT2D eigenvalue weighted by Gasteiger charge is 2.17. The number of rotatable bonds is 7. The minimum absolute atomic E-state index is 0.110. The molecule has 1 N–H and O–H groups in total. The Bertz CT molecular complexity index is 847. The third-order valence-corrected chi connectivity index (χ3v) is 5.25. The SMILES string of the molecule is CCc1ccc(CC)c(CNS(=O)(=O)c2cccc([N+](=O)[O-])c2)c1. The quantitative estimate of drug-likeness (QED) is 0.614. The van der Waals surface area contributed by atoms with Crippen LogP contribution in [-0.4, -0.2) is 13.3 Å². The van der Waals surface area contributed by atoms with Gasteiger partial charge in [0, 0.05) is 18.7 Å². The topological polar surface area (TPSA) is 89.3 Å². The highest BCUT2D eigenvalue weighted by Crippen LogP contribution is 2.19. The predicted molar refractivity (Wildman–Crippen MR) is 92.3 cm³/mol. The fraction of sp³-hybridized carbons (Fsp3) is 0.294. The van der Waals surface area contributed by atoms with Crippen molar-refractivity contribution in [2.24, 2.45) is 0 Å². The Kier molecular flexibility index (Phi) is 5.69. The summed E-state index contributed by atoms with van der Waals surface area (Å²) in [5, 5.41) is 10.8. The van der Waals surface area contributed by atoms with Crippen molar-refractivity contribution in [2.75, 3.05) is 0 Å². The van der Waals surface area contributed by atoms with E-state index in [0.29, 0.717) is 0 Å². The molecule has 0 heterocycles. The molecule has 0 atom stereocenters. The minimum atomic E-state index is -3.81. The van der Waals surface area contributed by atoms with Crippen molar-refractivity contribution < 1.29 is 13.3 Å². The van der Waals surface area contributed by atoms with Crippen molar-refractivity contribution in [1.82, 2.24) is 4.72 Å². The molecule has 0 fully saturated rings. The third kappa shape index (κ3) is 4.18. The second-order valence-electron chi connectivity index (χ2n) is 5.39. The molecule has 7 heteroatoms. The molecule has 0 aromatic heterocycles. The van der Waals surface area contributed by atoms with Gasteiger partial charge in [-0.3, -0.25) is 10.1 Å². The van der Waals surface area contributed by atoms with Crippen LogP contribution in [0.15, 0.2) is 47.4 Å². The maximum atomic E-state index is 12.4. The lowest BCUT2D eigenvalue weighted by Gasteiger charge is -2.12. The van der Waals surface area contributed by atoms with E-state index < -0.39 is 14.9 Å². The lowest BCUT2D eigenvalue weighted by atomic mass is 10.0. The maximum absolute atomic E-state index is 12.4. The van der Waals surface area contributed by atoms with Gasteiger partial charge in [-0.2, -0.15) is 0 Å². The zero-order chi connectivity index (χ0) is 17.7. The first kappa shape index (κ1) is 18.1. The molecule has 6 nitrogen and oxygen atoms in total. The molecular formula is C17H20N2O4S. The molecule has 2 rings (SSSR count). The van der Waals surface area contributed by atoms with Crippen LogP contribution in [0, 0.1) is 10.1 Å². The highest BCUT2D eigenvalue weighted by molar-refractivity contribution is 7.89.